The molecule has 1 aliphatic carbocycles. The molecule has 2 unspecified atom stereocenters. The van der Waals surface area contributed by atoms with E-state index >= 15 is 0 Å². The molecule has 2 aromatic rings. The molecule has 30 heavy (non-hydrogen) atoms. The van der Waals surface area contributed by atoms with Crippen LogP contribution in [0.15, 0.2) is 59.2 Å². The van der Waals surface area contributed by atoms with E-state index in [1.165, 1.54) is 27.8 Å². The summed E-state index contributed by atoms with van der Waals surface area (Å²) in [5.41, 5.74) is 8.72. The summed E-state index contributed by atoms with van der Waals surface area (Å²) < 4.78 is 0. The van der Waals surface area contributed by atoms with Gasteiger partial charge in [0.2, 0.25) is 0 Å². The molecule has 0 heterocycles. The molecule has 2 heteroatoms. The predicted octanol–water partition coefficient (Wildman–Crippen LogP) is 6.41. The average molecular weight is 433 g/mol. The lowest BCUT2D eigenvalue weighted by Crippen LogP contribution is -2.64. The number of hydrogen-bond acceptors (Lipinski definition) is 0. The van der Waals surface area contributed by atoms with Crippen molar-refractivity contribution >= 4 is 31.7 Å². The Morgan fingerprint density at radius 3 is 1.83 bits per heavy atom. The van der Waals surface area contributed by atoms with Crippen molar-refractivity contribution in [3.63, 3.8) is 0 Å². The van der Waals surface area contributed by atoms with Crippen LogP contribution in [-0.2, 0) is 0 Å². The van der Waals surface area contributed by atoms with E-state index in [1.807, 2.05) is 0 Å². The lowest BCUT2D eigenvalue weighted by molar-refractivity contribution is 0.864. The molecule has 0 aromatic heterocycles. The van der Waals surface area contributed by atoms with E-state index in [9.17, 15) is 0 Å². The molecule has 1 aliphatic rings. The molecule has 0 radical (unpaired) electrons. The van der Waals surface area contributed by atoms with Gasteiger partial charge in [-0.25, -0.2) is 0 Å². The third-order valence-electron chi connectivity index (χ3n) is 7.93. The van der Waals surface area contributed by atoms with Gasteiger partial charge >= 0.3 is 0 Å². The summed E-state index contributed by atoms with van der Waals surface area (Å²) in [5, 5.41) is 4.84. The van der Waals surface area contributed by atoms with E-state index < -0.39 is 16.1 Å². The highest BCUT2D eigenvalue weighted by Crippen LogP contribution is 2.53. The zero-order chi connectivity index (χ0) is 22.6. The van der Waals surface area contributed by atoms with E-state index in [4.69, 9.17) is 0 Å². The van der Waals surface area contributed by atoms with Gasteiger partial charge in [-0.3, -0.25) is 0 Å². The Hall–Kier alpha value is -1.65. The molecule has 0 spiro atoms. The lowest BCUT2D eigenvalue weighted by Gasteiger charge is -2.45. The fourth-order valence-corrected chi connectivity index (χ4v) is 12.0. The Labute approximate surface area is 187 Å². The minimum absolute atomic E-state index is 0.0736. The first kappa shape index (κ1) is 23.0. The van der Waals surface area contributed by atoms with Crippen molar-refractivity contribution in [2.24, 2.45) is 0 Å². The Kier molecular flexibility index (Phi) is 5.75. The topological polar surface area (TPSA) is 0 Å². The first-order chi connectivity index (χ1) is 13.7. The monoisotopic (exact) mass is 432 g/mol. The van der Waals surface area contributed by atoms with Crippen LogP contribution in [-0.4, -0.2) is 16.1 Å². The zero-order valence-electron chi connectivity index (χ0n) is 21.0. The second-order valence-corrected chi connectivity index (χ2v) is 20.5. The second kappa shape index (κ2) is 7.49. The summed E-state index contributed by atoms with van der Waals surface area (Å²) in [7, 11) is -3.58. The Balaban J connectivity index is 2.45. The van der Waals surface area contributed by atoms with Gasteiger partial charge in [-0.2, -0.15) is 0 Å². The highest BCUT2D eigenvalue weighted by atomic mass is 28.3. The number of allylic oxidation sites excluding steroid dienone is 4. The van der Waals surface area contributed by atoms with Gasteiger partial charge in [0.05, 0.1) is 8.07 Å². The van der Waals surface area contributed by atoms with Gasteiger partial charge in [-0.05, 0) is 47.1 Å². The quantitative estimate of drug-likeness (QED) is 0.490. The molecule has 0 amide bonds. The van der Waals surface area contributed by atoms with Gasteiger partial charge in [0.1, 0.15) is 8.07 Å². The predicted molar refractivity (Wildman–Crippen MR) is 141 cm³/mol. The van der Waals surface area contributed by atoms with Crippen LogP contribution in [0.2, 0.25) is 31.2 Å². The summed E-state index contributed by atoms with van der Waals surface area (Å²) in [5.74, 6) is 0. The molecule has 0 fully saturated rings. The van der Waals surface area contributed by atoms with E-state index in [-0.39, 0.29) is 5.04 Å². The van der Waals surface area contributed by atoms with Crippen molar-refractivity contribution in [2.45, 2.75) is 79.7 Å². The van der Waals surface area contributed by atoms with Crippen molar-refractivity contribution in [1.29, 1.82) is 0 Å². The normalized spacial score (nSPS) is 21.6. The molecule has 0 nitrogen and oxygen atoms in total. The van der Waals surface area contributed by atoms with Gasteiger partial charge in [-0.15, -0.1) is 0 Å². The molecule has 0 bridgehead atoms. The SMILES string of the molecule is CC1=CC(C)([Si](C)(c2cc(C)cc([Si](C)(C)C)c2)c2cc(C)ccc2C)C(C)=C1C. The summed E-state index contributed by atoms with van der Waals surface area (Å²) in [6.07, 6.45) is 2.60. The van der Waals surface area contributed by atoms with Crippen LogP contribution in [0.5, 0.6) is 0 Å². The van der Waals surface area contributed by atoms with E-state index in [0.717, 1.165) is 0 Å². The largest absolute Gasteiger partial charge is 0.128 e. The number of aryl methyl sites for hydroxylation is 3. The number of rotatable bonds is 4. The van der Waals surface area contributed by atoms with Gasteiger partial charge in [-0.1, -0.05) is 119 Å². The molecule has 3 rings (SSSR count). The maximum absolute atomic E-state index is 2.63. The lowest BCUT2D eigenvalue weighted by atomic mass is 10.0. The minimum Gasteiger partial charge on any atom is -0.0733 e. The fraction of sp³-hybridized carbons (Fsp3) is 0.429. The van der Waals surface area contributed by atoms with Crippen LogP contribution < -0.4 is 15.6 Å². The Morgan fingerprint density at radius 1 is 0.700 bits per heavy atom. The van der Waals surface area contributed by atoms with E-state index in [2.05, 4.69) is 117 Å². The summed E-state index contributed by atoms with van der Waals surface area (Å²) in [6, 6.07) is 14.7. The third-order valence-corrected chi connectivity index (χ3v) is 15.6. The first-order valence-corrected chi connectivity index (χ1v) is 17.3. The molecule has 160 valence electrons. The average Bonchev–Trinajstić information content (AvgIpc) is 2.85. The zero-order valence-corrected chi connectivity index (χ0v) is 23.0. The highest BCUT2D eigenvalue weighted by molar-refractivity contribution is 7.05. The second-order valence-electron chi connectivity index (χ2n) is 11.1. The number of benzene rings is 2. The van der Waals surface area contributed by atoms with Gasteiger partial charge in [0.25, 0.3) is 0 Å². The molecule has 0 saturated carbocycles. The minimum atomic E-state index is -2.17. The fourth-order valence-electron chi connectivity index (χ4n) is 5.37. The van der Waals surface area contributed by atoms with Crippen molar-refractivity contribution < 1.29 is 0 Å². The molecule has 0 N–H and O–H groups in total. The summed E-state index contributed by atoms with van der Waals surface area (Å²) in [4.78, 5) is 0. The maximum atomic E-state index is 2.63. The van der Waals surface area contributed by atoms with Crippen LogP contribution >= 0.6 is 0 Å². The standard InChI is InChI=1S/C28H40Si2/c1-19-12-13-21(3)27(16-19)30(11,28(7)18-22(4)23(5)24(28)6)26-15-20(2)14-25(17-26)29(8,9)10/h12-18H,1-11H3. The maximum Gasteiger partial charge on any atom is 0.128 e. The molecular weight excluding hydrogens is 392 g/mol. The highest BCUT2D eigenvalue weighted by Gasteiger charge is 2.52. The van der Waals surface area contributed by atoms with Crippen LogP contribution in [0.25, 0.3) is 0 Å². The van der Waals surface area contributed by atoms with E-state index in [1.54, 1.807) is 21.1 Å². The van der Waals surface area contributed by atoms with E-state index in [0.29, 0.717) is 0 Å². The van der Waals surface area contributed by atoms with Crippen LogP contribution in [0.3, 0.4) is 0 Å². The molecule has 0 aliphatic heterocycles. The number of hydrogen-bond donors (Lipinski definition) is 0. The van der Waals surface area contributed by atoms with Crippen LogP contribution in [0, 0.1) is 20.8 Å². The molecule has 2 atom stereocenters. The Morgan fingerprint density at radius 2 is 1.30 bits per heavy atom. The smallest absolute Gasteiger partial charge is 0.0733 e. The molecular formula is C28H40Si2. The first-order valence-electron chi connectivity index (χ1n) is 11.3. The summed E-state index contributed by atoms with van der Waals surface area (Å²) in [6.45, 7) is 26.4. The van der Waals surface area contributed by atoms with Crippen LogP contribution in [0.1, 0.15) is 44.4 Å². The van der Waals surface area contributed by atoms with Crippen molar-refractivity contribution in [2.75, 3.05) is 0 Å². The molecule has 2 aromatic carbocycles. The third kappa shape index (κ3) is 3.52. The summed E-state index contributed by atoms with van der Waals surface area (Å²) >= 11 is 0. The van der Waals surface area contributed by atoms with Gasteiger partial charge < -0.3 is 0 Å². The van der Waals surface area contributed by atoms with Gasteiger partial charge in [0, 0.05) is 5.04 Å². The van der Waals surface area contributed by atoms with Crippen molar-refractivity contribution in [3.05, 3.63) is 75.9 Å². The van der Waals surface area contributed by atoms with Crippen LogP contribution in [0.4, 0.5) is 0 Å². The Bertz CT molecular complexity index is 1060. The van der Waals surface area contributed by atoms with Gasteiger partial charge in [0.15, 0.2) is 0 Å². The van der Waals surface area contributed by atoms with Crippen molar-refractivity contribution in [3.8, 4) is 0 Å². The molecule has 0 saturated heterocycles. The van der Waals surface area contributed by atoms with Crippen molar-refractivity contribution in [1.82, 2.24) is 0 Å².